The van der Waals surface area contributed by atoms with Gasteiger partial charge in [0.1, 0.15) is 6.61 Å². The lowest BCUT2D eigenvalue weighted by Crippen LogP contribution is -2.41. The number of ether oxygens (including phenoxy) is 2. The summed E-state index contributed by atoms with van der Waals surface area (Å²) in [6.07, 6.45) is 23.8. The molecule has 0 fully saturated rings. The monoisotopic (exact) mass is 566 g/mol. The SMILES string of the molecule is CCCCCCCCCCCCCCCCCCCCOC(=O)C(CC)(CC)C(=O)OCc1ccc(F)c(F)c1. The Kier molecular flexibility index (Phi) is 20.4. The minimum absolute atomic E-state index is 0.232. The van der Waals surface area contributed by atoms with Crippen LogP contribution >= 0.6 is 0 Å². The predicted octanol–water partition coefficient (Wildman–Crippen LogP) is 10.4. The van der Waals surface area contributed by atoms with Gasteiger partial charge in [-0.3, -0.25) is 9.59 Å². The van der Waals surface area contributed by atoms with Gasteiger partial charge >= 0.3 is 11.9 Å². The van der Waals surface area contributed by atoms with Crippen LogP contribution in [-0.4, -0.2) is 18.5 Å². The van der Waals surface area contributed by atoms with Crippen LogP contribution in [-0.2, 0) is 25.7 Å². The van der Waals surface area contributed by atoms with E-state index >= 15 is 0 Å². The van der Waals surface area contributed by atoms with Gasteiger partial charge in [0.05, 0.1) is 6.61 Å². The summed E-state index contributed by atoms with van der Waals surface area (Å²) in [5, 5.41) is 0. The highest BCUT2D eigenvalue weighted by atomic mass is 19.2. The number of esters is 2. The van der Waals surface area contributed by atoms with Crippen LogP contribution in [0.25, 0.3) is 0 Å². The van der Waals surface area contributed by atoms with E-state index in [4.69, 9.17) is 9.47 Å². The third-order valence-corrected chi connectivity index (χ3v) is 8.07. The minimum Gasteiger partial charge on any atom is -0.465 e. The molecule has 0 atom stereocenters. The van der Waals surface area contributed by atoms with Crippen LogP contribution in [0.1, 0.15) is 155 Å². The third-order valence-electron chi connectivity index (χ3n) is 8.07. The summed E-state index contributed by atoms with van der Waals surface area (Å²) in [5.74, 6) is -3.23. The second kappa shape index (κ2) is 22.7. The summed E-state index contributed by atoms with van der Waals surface area (Å²) in [4.78, 5) is 25.6. The molecule has 0 N–H and O–H groups in total. The molecule has 0 bridgehead atoms. The highest BCUT2D eigenvalue weighted by Crippen LogP contribution is 2.31. The molecular weight excluding hydrogens is 510 g/mol. The van der Waals surface area contributed by atoms with Gasteiger partial charge in [-0.2, -0.15) is 0 Å². The molecule has 1 rings (SSSR count). The summed E-state index contributed by atoms with van der Waals surface area (Å²) in [6.45, 7) is 5.82. The Morgan fingerprint density at radius 1 is 0.600 bits per heavy atom. The number of carbonyl (C=O) groups excluding carboxylic acids is 2. The molecule has 0 amide bonds. The molecule has 0 aliphatic heterocycles. The Balaban J connectivity index is 2.08. The van der Waals surface area contributed by atoms with E-state index in [1.54, 1.807) is 13.8 Å². The zero-order valence-corrected chi connectivity index (χ0v) is 25.7. The number of hydrogen-bond acceptors (Lipinski definition) is 4. The van der Waals surface area contributed by atoms with Crippen LogP contribution < -0.4 is 0 Å². The van der Waals surface area contributed by atoms with Gasteiger partial charge in [0.15, 0.2) is 17.0 Å². The van der Waals surface area contributed by atoms with Crippen molar-refractivity contribution in [2.75, 3.05) is 6.61 Å². The fourth-order valence-electron chi connectivity index (χ4n) is 5.13. The molecule has 6 heteroatoms. The van der Waals surface area contributed by atoms with Crippen LogP contribution in [0.2, 0.25) is 0 Å². The van der Waals surface area contributed by atoms with Gasteiger partial charge in [0.25, 0.3) is 0 Å². The number of carbonyl (C=O) groups is 2. The molecule has 0 aromatic heterocycles. The van der Waals surface area contributed by atoms with E-state index in [1.165, 1.54) is 102 Å². The average Bonchev–Trinajstić information content (AvgIpc) is 2.95. The molecule has 0 radical (unpaired) electrons. The third kappa shape index (κ3) is 14.6. The van der Waals surface area contributed by atoms with Crippen molar-refractivity contribution in [3.05, 3.63) is 35.4 Å². The molecule has 1 aromatic rings. The zero-order valence-electron chi connectivity index (χ0n) is 25.7. The van der Waals surface area contributed by atoms with E-state index in [9.17, 15) is 18.4 Å². The van der Waals surface area contributed by atoms with Crippen molar-refractivity contribution in [3.8, 4) is 0 Å². The Hall–Kier alpha value is -1.98. The van der Waals surface area contributed by atoms with E-state index in [1.807, 2.05) is 0 Å². The number of unbranched alkanes of at least 4 members (excludes halogenated alkanes) is 17. The van der Waals surface area contributed by atoms with Crippen molar-refractivity contribution in [1.29, 1.82) is 0 Å². The van der Waals surface area contributed by atoms with E-state index in [0.29, 0.717) is 5.56 Å². The largest absolute Gasteiger partial charge is 0.465 e. The number of benzene rings is 1. The van der Waals surface area contributed by atoms with Gasteiger partial charge in [-0.15, -0.1) is 0 Å². The van der Waals surface area contributed by atoms with Crippen molar-refractivity contribution >= 4 is 11.9 Å². The lowest BCUT2D eigenvalue weighted by molar-refractivity contribution is -0.174. The van der Waals surface area contributed by atoms with Crippen LogP contribution in [0.5, 0.6) is 0 Å². The molecule has 0 heterocycles. The van der Waals surface area contributed by atoms with Crippen LogP contribution in [0, 0.1) is 17.0 Å². The van der Waals surface area contributed by atoms with Crippen molar-refractivity contribution < 1.29 is 27.8 Å². The van der Waals surface area contributed by atoms with E-state index < -0.39 is 29.0 Å². The summed E-state index contributed by atoms with van der Waals surface area (Å²) in [5.41, 5.74) is -1.06. The molecule has 0 saturated carbocycles. The van der Waals surface area contributed by atoms with Gasteiger partial charge in [0.2, 0.25) is 0 Å². The highest BCUT2D eigenvalue weighted by molar-refractivity contribution is 6.00. The van der Waals surface area contributed by atoms with Gasteiger partial charge in [0, 0.05) is 0 Å². The van der Waals surface area contributed by atoms with Gasteiger partial charge in [-0.25, -0.2) is 8.78 Å². The molecule has 1 aromatic carbocycles. The van der Waals surface area contributed by atoms with Gasteiger partial charge in [-0.1, -0.05) is 136 Å². The fraction of sp³-hybridized carbons (Fsp3) is 0.765. The molecule has 0 spiro atoms. The van der Waals surface area contributed by atoms with Crippen LogP contribution in [0.3, 0.4) is 0 Å². The molecule has 0 unspecified atom stereocenters. The first-order chi connectivity index (χ1) is 19.4. The second-order valence-corrected chi connectivity index (χ2v) is 11.3. The van der Waals surface area contributed by atoms with E-state index in [-0.39, 0.29) is 26.1 Å². The summed E-state index contributed by atoms with van der Waals surface area (Å²) >= 11 is 0. The van der Waals surface area contributed by atoms with Crippen LogP contribution in [0.4, 0.5) is 8.78 Å². The molecule has 0 saturated heterocycles. The van der Waals surface area contributed by atoms with Crippen molar-refractivity contribution in [2.45, 2.75) is 156 Å². The van der Waals surface area contributed by atoms with Crippen molar-refractivity contribution in [1.82, 2.24) is 0 Å². The summed E-state index contributed by atoms with van der Waals surface area (Å²) in [6, 6.07) is 3.32. The second-order valence-electron chi connectivity index (χ2n) is 11.3. The minimum atomic E-state index is -1.38. The van der Waals surface area contributed by atoms with Crippen molar-refractivity contribution in [2.24, 2.45) is 5.41 Å². The Labute approximate surface area is 243 Å². The molecule has 4 nitrogen and oxygen atoms in total. The first-order valence-corrected chi connectivity index (χ1v) is 16.2. The molecule has 0 aliphatic rings. The Morgan fingerprint density at radius 3 is 1.45 bits per heavy atom. The summed E-state index contributed by atoms with van der Waals surface area (Å²) < 4.78 is 37.3. The van der Waals surface area contributed by atoms with Crippen LogP contribution in [0.15, 0.2) is 18.2 Å². The normalized spacial score (nSPS) is 11.5. The number of halogens is 2. The molecule has 230 valence electrons. The molecular formula is C34H56F2O4. The average molecular weight is 567 g/mol. The number of hydrogen-bond donors (Lipinski definition) is 0. The summed E-state index contributed by atoms with van der Waals surface area (Å²) in [7, 11) is 0. The van der Waals surface area contributed by atoms with Crippen molar-refractivity contribution in [3.63, 3.8) is 0 Å². The lowest BCUT2D eigenvalue weighted by Gasteiger charge is -2.27. The quantitative estimate of drug-likeness (QED) is 0.0671. The maximum atomic E-state index is 13.4. The smallest absolute Gasteiger partial charge is 0.323 e. The Morgan fingerprint density at radius 2 is 1.02 bits per heavy atom. The fourth-order valence-corrected chi connectivity index (χ4v) is 5.13. The maximum Gasteiger partial charge on any atom is 0.323 e. The topological polar surface area (TPSA) is 52.6 Å². The standard InChI is InChI=1S/C34H56F2O4/c1-4-7-8-9-10-11-12-13-14-15-16-17-18-19-20-21-22-23-26-39-32(37)34(5-2,6-3)33(38)40-28-29-24-25-30(35)31(36)27-29/h24-25,27H,4-23,26,28H2,1-3H3. The molecule has 0 aliphatic carbocycles. The van der Waals surface area contributed by atoms with E-state index in [0.717, 1.165) is 31.4 Å². The highest BCUT2D eigenvalue weighted by Gasteiger charge is 2.45. The zero-order chi connectivity index (χ0) is 29.5. The van der Waals surface area contributed by atoms with Gasteiger partial charge in [-0.05, 0) is 37.0 Å². The maximum absolute atomic E-state index is 13.4. The number of rotatable bonds is 25. The van der Waals surface area contributed by atoms with E-state index in [2.05, 4.69) is 6.92 Å². The molecule has 40 heavy (non-hydrogen) atoms. The predicted molar refractivity (Wildman–Crippen MR) is 159 cm³/mol. The first-order valence-electron chi connectivity index (χ1n) is 16.2. The Bertz CT molecular complexity index is 807. The lowest BCUT2D eigenvalue weighted by atomic mass is 9.82. The first kappa shape index (κ1) is 36.0. The van der Waals surface area contributed by atoms with Gasteiger partial charge < -0.3 is 9.47 Å².